The Morgan fingerprint density at radius 2 is 2.32 bits per heavy atom. The molecule has 2 heterocycles. The molecule has 7 heteroatoms. The molecule has 0 spiro atoms. The summed E-state index contributed by atoms with van der Waals surface area (Å²) < 4.78 is 1.63. The first kappa shape index (κ1) is 14.0. The van der Waals surface area contributed by atoms with Crippen LogP contribution in [0, 0.1) is 0 Å². The Balaban J connectivity index is 2.01. The molecule has 1 aliphatic rings. The fourth-order valence-corrected chi connectivity index (χ4v) is 2.66. The van der Waals surface area contributed by atoms with Crippen LogP contribution >= 0.6 is 0 Å². The van der Waals surface area contributed by atoms with Crippen molar-refractivity contribution in [2.24, 2.45) is 5.73 Å². The Morgan fingerprint density at radius 3 is 2.95 bits per heavy atom. The SMILES string of the molecule is CN1CCCCC1CCn1nnc(C(=O)O)c1CN. The van der Waals surface area contributed by atoms with Crippen LogP contribution in [-0.4, -0.2) is 50.6 Å². The van der Waals surface area contributed by atoms with Crippen LogP contribution in [0.25, 0.3) is 0 Å². The standard InChI is InChI=1S/C12H21N5O2/c1-16-6-3-2-4-9(16)5-7-17-10(8-13)11(12(18)19)14-15-17/h9H,2-8,13H2,1H3,(H,18,19). The van der Waals surface area contributed by atoms with E-state index in [2.05, 4.69) is 22.3 Å². The van der Waals surface area contributed by atoms with E-state index in [1.54, 1.807) is 4.68 Å². The number of aromatic carboxylic acids is 1. The van der Waals surface area contributed by atoms with Gasteiger partial charge in [0.15, 0.2) is 5.69 Å². The summed E-state index contributed by atoms with van der Waals surface area (Å²) in [5.74, 6) is -1.07. The van der Waals surface area contributed by atoms with Crippen molar-refractivity contribution in [2.75, 3.05) is 13.6 Å². The third-order valence-electron chi connectivity index (χ3n) is 3.83. The van der Waals surface area contributed by atoms with Crippen LogP contribution in [0.2, 0.25) is 0 Å². The summed E-state index contributed by atoms with van der Waals surface area (Å²) in [7, 11) is 2.14. The Bertz CT molecular complexity index is 445. The average Bonchev–Trinajstić information content (AvgIpc) is 2.81. The highest BCUT2D eigenvalue weighted by atomic mass is 16.4. The van der Waals surface area contributed by atoms with Crippen molar-refractivity contribution in [3.8, 4) is 0 Å². The minimum absolute atomic E-state index is 0.0282. The average molecular weight is 267 g/mol. The minimum atomic E-state index is -1.07. The zero-order chi connectivity index (χ0) is 13.8. The lowest BCUT2D eigenvalue weighted by Gasteiger charge is -2.32. The number of hydrogen-bond donors (Lipinski definition) is 2. The Kier molecular flexibility index (Phi) is 4.49. The van der Waals surface area contributed by atoms with Crippen LogP contribution in [0.1, 0.15) is 41.9 Å². The number of carboxylic acids is 1. The van der Waals surface area contributed by atoms with Crippen LogP contribution in [0.15, 0.2) is 0 Å². The van der Waals surface area contributed by atoms with E-state index < -0.39 is 5.97 Å². The highest BCUT2D eigenvalue weighted by molar-refractivity contribution is 5.86. The summed E-state index contributed by atoms with van der Waals surface area (Å²) in [4.78, 5) is 13.3. The smallest absolute Gasteiger partial charge is 0.358 e. The first-order valence-electron chi connectivity index (χ1n) is 6.69. The maximum Gasteiger partial charge on any atom is 0.358 e. The monoisotopic (exact) mass is 267 g/mol. The van der Waals surface area contributed by atoms with Gasteiger partial charge >= 0.3 is 5.97 Å². The van der Waals surface area contributed by atoms with Gasteiger partial charge in [0.05, 0.1) is 5.69 Å². The fourth-order valence-electron chi connectivity index (χ4n) is 2.66. The van der Waals surface area contributed by atoms with E-state index in [9.17, 15) is 4.79 Å². The van der Waals surface area contributed by atoms with Gasteiger partial charge in [-0.25, -0.2) is 9.48 Å². The highest BCUT2D eigenvalue weighted by Crippen LogP contribution is 2.18. The quantitative estimate of drug-likeness (QED) is 0.797. The molecule has 2 rings (SSSR count). The van der Waals surface area contributed by atoms with Gasteiger partial charge in [0.2, 0.25) is 0 Å². The number of piperidine rings is 1. The highest BCUT2D eigenvalue weighted by Gasteiger charge is 2.21. The molecule has 0 amide bonds. The lowest BCUT2D eigenvalue weighted by molar-refractivity contribution is 0.0689. The second kappa shape index (κ2) is 6.12. The first-order chi connectivity index (χ1) is 9.13. The van der Waals surface area contributed by atoms with Gasteiger partial charge in [0.1, 0.15) is 0 Å². The molecule has 106 valence electrons. The summed E-state index contributed by atoms with van der Waals surface area (Å²) >= 11 is 0. The van der Waals surface area contributed by atoms with E-state index in [0.717, 1.165) is 13.0 Å². The van der Waals surface area contributed by atoms with E-state index >= 15 is 0 Å². The van der Waals surface area contributed by atoms with Crippen molar-refractivity contribution >= 4 is 5.97 Å². The van der Waals surface area contributed by atoms with Gasteiger partial charge in [0, 0.05) is 19.1 Å². The molecule has 0 saturated carbocycles. The molecule has 1 saturated heterocycles. The second-order valence-corrected chi connectivity index (χ2v) is 5.04. The summed E-state index contributed by atoms with van der Waals surface area (Å²) in [5, 5.41) is 16.6. The minimum Gasteiger partial charge on any atom is -0.476 e. The normalized spacial score (nSPS) is 20.6. The summed E-state index contributed by atoms with van der Waals surface area (Å²) in [5.41, 5.74) is 6.07. The van der Waals surface area contributed by atoms with Crippen molar-refractivity contribution < 1.29 is 9.90 Å². The number of likely N-dealkylation sites (tertiary alicyclic amines) is 1. The van der Waals surface area contributed by atoms with Crippen molar-refractivity contribution in [2.45, 2.75) is 44.8 Å². The molecule has 1 atom stereocenters. The number of rotatable bonds is 5. The van der Waals surface area contributed by atoms with Crippen molar-refractivity contribution in [1.82, 2.24) is 19.9 Å². The molecular formula is C12H21N5O2. The Labute approximate surface area is 112 Å². The van der Waals surface area contributed by atoms with Crippen molar-refractivity contribution in [3.63, 3.8) is 0 Å². The third-order valence-corrected chi connectivity index (χ3v) is 3.83. The lowest BCUT2D eigenvalue weighted by atomic mass is 10.0. The molecule has 1 aromatic rings. The lowest BCUT2D eigenvalue weighted by Crippen LogP contribution is -2.37. The molecule has 3 N–H and O–H groups in total. The van der Waals surface area contributed by atoms with Gasteiger partial charge in [-0.3, -0.25) is 0 Å². The van der Waals surface area contributed by atoms with E-state index in [0.29, 0.717) is 18.3 Å². The third kappa shape index (κ3) is 3.10. The molecular weight excluding hydrogens is 246 g/mol. The number of aryl methyl sites for hydroxylation is 1. The molecule has 1 aliphatic heterocycles. The van der Waals surface area contributed by atoms with Crippen LogP contribution in [-0.2, 0) is 13.1 Å². The molecule has 1 unspecified atom stereocenters. The molecule has 19 heavy (non-hydrogen) atoms. The van der Waals surface area contributed by atoms with E-state index in [4.69, 9.17) is 10.8 Å². The predicted octanol–water partition coefficient (Wildman–Crippen LogP) is 0.309. The van der Waals surface area contributed by atoms with Gasteiger partial charge in [-0.05, 0) is 32.9 Å². The van der Waals surface area contributed by atoms with E-state index in [1.165, 1.54) is 19.3 Å². The summed E-state index contributed by atoms with van der Waals surface area (Å²) in [6.45, 7) is 1.95. The van der Waals surface area contributed by atoms with Gasteiger partial charge in [-0.15, -0.1) is 5.10 Å². The van der Waals surface area contributed by atoms with Gasteiger partial charge in [-0.1, -0.05) is 11.6 Å². The van der Waals surface area contributed by atoms with Crippen LogP contribution in [0.5, 0.6) is 0 Å². The first-order valence-corrected chi connectivity index (χ1v) is 6.69. The van der Waals surface area contributed by atoms with Gasteiger partial charge in [-0.2, -0.15) is 0 Å². The van der Waals surface area contributed by atoms with Gasteiger partial charge < -0.3 is 15.7 Å². The number of aromatic nitrogens is 3. The van der Waals surface area contributed by atoms with Crippen molar-refractivity contribution in [3.05, 3.63) is 11.4 Å². The fraction of sp³-hybridized carbons (Fsp3) is 0.750. The maximum atomic E-state index is 11.0. The zero-order valence-electron chi connectivity index (χ0n) is 11.2. The van der Waals surface area contributed by atoms with Gasteiger partial charge in [0.25, 0.3) is 0 Å². The topological polar surface area (TPSA) is 97.3 Å². The Morgan fingerprint density at radius 1 is 1.53 bits per heavy atom. The number of nitrogens with two attached hydrogens (primary N) is 1. The van der Waals surface area contributed by atoms with Crippen LogP contribution in [0.4, 0.5) is 0 Å². The van der Waals surface area contributed by atoms with Crippen LogP contribution in [0.3, 0.4) is 0 Å². The summed E-state index contributed by atoms with van der Waals surface area (Å²) in [6, 6.07) is 0.539. The predicted molar refractivity (Wildman–Crippen MR) is 69.8 cm³/mol. The van der Waals surface area contributed by atoms with Crippen LogP contribution < -0.4 is 5.73 Å². The Hall–Kier alpha value is -1.47. The van der Waals surface area contributed by atoms with E-state index in [1.807, 2.05) is 0 Å². The number of carboxylic acid groups (broad SMARTS) is 1. The zero-order valence-corrected chi connectivity index (χ0v) is 11.2. The summed E-state index contributed by atoms with van der Waals surface area (Å²) in [6.07, 6.45) is 4.66. The molecule has 7 nitrogen and oxygen atoms in total. The van der Waals surface area contributed by atoms with Crippen molar-refractivity contribution in [1.29, 1.82) is 0 Å². The second-order valence-electron chi connectivity index (χ2n) is 5.04. The number of carbonyl (C=O) groups is 1. The number of nitrogens with zero attached hydrogens (tertiary/aromatic N) is 4. The molecule has 0 radical (unpaired) electrons. The molecule has 1 aromatic heterocycles. The molecule has 0 aliphatic carbocycles. The number of hydrogen-bond acceptors (Lipinski definition) is 5. The van der Waals surface area contributed by atoms with E-state index in [-0.39, 0.29) is 12.2 Å². The largest absolute Gasteiger partial charge is 0.476 e. The maximum absolute atomic E-state index is 11.0. The molecule has 0 aromatic carbocycles. The molecule has 0 bridgehead atoms. The molecule has 1 fully saturated rings.